The van der Waals surface area contributed by atoms with Crippen LogP contribution in [0.2, 0.25) is 19.6 Å². The Morgan fingerprint density at radius 2 is 1.71 bits per heavy atom. The fourth-order valence-electron chi connectivity index (χ4n) is 0.993. The van der Waals surface area contributed by atoms with Crippen molar-refractivity contribution in [3.8, 4) is 0 Å². The second-order valence-corrected chi connectivity index (χ2v) is 11.7. The molecule has 5 heteroatoms. The normalized spacial score (nSPS) is 16.0. The van der Waals surface area contributed by atoms with E-state index in [0.29, 0.717) is 4.90 Å². The molecule has 0 heterocycles. The first kappa shape index (κ1) is 11.7. The van der Waals surface area contributed by atoms with Crippen LogP contribution in [0.4, 0.5) is 0 Å². The molecule has 1 aromatic carbocycles. The molecule has 0 amide bonds. The lowest BCUT2D eigenvalue weighted by Gasteiger charge is -2.11. The predicted molar refractivity (Wildman–Crippen MR) is 64.5 cm³/mol. The van der Waals surface area contributed by atoms with E-state index >= 15 is 0 Å². The van der Waals surface area contributed by atoms with Crippen molar-refractivity contribution in [3.05, 3.63) is 30.3 Å². The van der Waals surface area contributed by atoms with E-state index in [2.05, 4.69) is 4.03 Å². The number of halogens is 1. The molecule has 0 saturated carbocycles. The van der Waals surface area contributed by atoms with Crippen LogP contribution in [0.15, 0.2) is 39.3 Å². The molecule has 0 aliphatic rings. The zero-order valence-electron chi connectivity index (χ0n) is 8.53. The van der Waals surface area contributed by atoms with Gasteiger partial charge in [-0.2, -0.15) is 0 Å². The molecule has 0 aromatic heterocycles. The highest BCUT2D eigenvalue weighted by Gasteiger charge is 2.17. The average Bonchev–Trinajstić information content (AvgIpc) is 2.01. The predicted octanol–water partition coefficient (Wildman–Crippen LogP) is 3.50. The van der Waals surface area contributed by atoms with Gasteiger partial charge in [0.15, 0.2) is 17.2 Å². The topological polar surface area (TPSA) is 29.4 Å². The molecule has 1 atom stereocenters. The van der Waals surface area contributed by atoms with Crippen molar-refractivity contribution in [2.75, 3.05) is 0 Å². The van der Waals surface area contributed by atoms with Crippen molar-refractivity contribution in [3.63, 3.8) is 0 Å². The second-order valence-electron chi connectivity index (χ2n) is 4.03. The molecule has 14 heavy (non-hydrogen) atoms. The fraction of sp³-hybridized carbons (Fsp3) is 0.333. The molecule has 0 saturated heterocycles. The average molecular weight is 248 g/mol. The third-order valence-corrected chi connectivity index (χ3v) is 6.56. The Balaban J connectivity index is 3.23. The summed E-state index contributed by atoms with van der Waals surface area (Å²) in [5, 5.41) is 0. The maximum absolute atomic E-state index is 12.0. The summed E-state index contributed by atoms with van der Waals surface area (Å²) in [4.78, 5) is 0.601. The lowest BCUT2D eigenvalue weighted by Crippen LogP contribution is -2.18. The van der Waals surface area contributed by atoms with Crippen LogP contribution >= 0.6 is 10.7 Å². The summed E-state index contributed by atoms with van der Waals surface area (Å²) in [7, 11) is 1.48. The van der Waals surface area contributed by atoms with Crippen molar-refractivity contribution in [2.24, 2.45) is 4.03 Å². The van der Waals surface area contributed by atoms with E-state index in [1.807, 2.05) is 37.8 Å². The van der Waals surface area contributed by atoms with Crippen molar-refractivity contribution in [1.29, 1.82) is 0 Å². The van der Waals surface area contributed by atoms with E-state index < -0.39 is 17.2 Å². The molecule has 0 aliphatic heterocycles. The molecule has 0 unspecified atom stereocenters. The SMILES string of the molecule is C[Si](C)(C)N=[S@](=O)(Cl)c1ccccc1. The summed E-state index contributed by atoms with van der Waals surface area (Å²) in [6.07, 6.45) is 0. The van der Waals surface area contributed by atoms with Crippen LogP contribution in [0.3, 0.4) is 0 Å². The van der Waals surface area contributed by atoms with E-state index in [9.17, 15) is 4.21 Å². The molecule has 1 rings (SSSR count). The molecular formula is C9H14ClNOSSi. The Kier molecular flexibility index (Phi) is 3.39. The number of benzene rings is 1. The van der Waals surface area contributed by atoms with Gasteiger partial charge in [0.25, 0.3) is 0 Å². The Morgan fingerprint density at radius 3 is 2.14 bits per heavy atom. The molecule has 0 spiro atoms. The third kappa shape index (κ3) is 3.44. The highest BCUT2D eigenvalue weighted by atomic mass is 35.7. The monoisotopic (exact) mass is 247 g/mol. The van der Waals surface area contributed by atoms with Gasteiger partial charge in [0.1, 0.15) is 0 Å². The fourth-order valence-corrected chi connectivity index (χ4v) is 6.90. The molecule has 2 nitrogen and oxygen atoms in total. The first-order valence-electron chi connectivity index (χ1n) is 4.34. The van der Waals surface area contributed by atoms with Crippen molar-refractivity contribution in [2.45, 2.75) is 24.5 Å². The summed E-state index contributed by atoms with van der Waals surface area (Å²) < 4.78 is 16.3. The van der Waals surface area contributed by atoms with Gasteiger partial charge in [-0.25, -0.2) is 4.21 Å². The zero-order chi connectivity index (χ0) is 10.8. The molecule has 0 fully saturated rings. The lowest BCUT2D eigenvalue weighted by molar-refractivity contribution is 0.686. The highest BCUT2D eigenvalue weighted by Crippen LogP contribution is 2.20. The first-order valence-corrected chi connectivity index (χ1v) is 10.1. The third-order valence-electron chi connectivity index (χ3n) is 1.43. The summed E-state index contributed by atoms with van der Waals surface area (Å²) in [6, 6.07) is 9.00. The molecule has 78 valence electrons. The Morgan fingerprint density at radius 1 is 1.21 bits per heavy atom. The molecule has 0 bridgehead atoms. The number of hydrogen-bond acceptors (Lipinski definition) is 2. The maximum Gasteiger partial charge on any atom is 0.186 e. The minimum absolute atomic E-state index is 0.601. The van der Waals surface area contributed by atoms with Gasteiger partial charge in [-0.3, -0.25) is 4.03 Å². The van der Waals surface area contributed by atoms with E-state index in [0.717, 1.165) is 0 Å². The standard InChI is InChI=1S/C9H14ClNOSSi/c1-14(2,3)11-13(10,12)9-7-5-4-6-8-9/h4-8H,1-3H3/t13-/m1/s1. The quantitative estimate of drug-likeness (QED) is 0.581. The molecule has 1 aromatic rings. The van der Waals surface area contributed by atoms with Crippen LogP contribution in [-0.2, 0) is 8.94 Å². The van der Waals surface area contributed by atoms with E-state index in [-0.39, 0.29) is 0 Å². The summed E-state index contributed by atoms with van der Waals surface area (Å²) in [5.74, 6) is 0. The second kappa shape index (κ2) is 4.04. The summed E-state index contributed by atoms with van der Waals surface area (Å²) >= 11 is 0. The Hall–Kier alpha value is -0.323. The number of nitrogens with zero attached hydrogens (tertiary/aromatic N) is 1. The van der Waals surface area contributed by atoms with Gasteiger partial charge in [0.2, 0.25) is 0 Å². The van der Waals surface area contributed by atoms with Gasteiger partial charge in [0, 0.05) is 10.7 Å². The van der Waals surface area contributed by atoms with Gasteiger partial charge in [0.05, 0.1) is 4.90 Å². The lowest BCUT2D eigenvalue weighted by atomic mass is 10.4. The van der Waals surface area contributed by atoms with Crippen LogP contribution in [-0.4, -0.2) is 12.4 Å². The summed E-state index contributed by atoms with van der Waals surface area (Å²) in [6.45, 7) is 6.04. The zero-order valence-corrected chi connectivity index (χ0v) is 11.1. The van der Waals surface area contributed by atoms with E-state index in [1.165, 1.54) is 0 Å². The van der Waals surface area contributed by atoms with Crippen LogP contribution < -0.4 is 0 Å². The van der Waals surface area contributed by atoms with Crippen LogP contribution in [0.5, 0.6) is 0 Å². The summed E-state index contributed by atoms with van der Waals surface area (Å²) in [5.41, 5.74) is 0. The molecule has 0 aliphatic carbocycles. The van der Waals surface area contributed by atoms with Crippen molar-refractivity contribution < 1.29 is 4.21 Å². The minimum atomic E-state index is -2.71. The van der Waals surface area contributed by atoms with Gasteiger partial charge in [-0.1, -0.05) is 18.2 Å². The largest absolute Gasteiger partial charge is 0.262 e. The number of rotatable bonds is 2. The molecular weight excluding hydrogens is 234 g/mol. The van der Waals surface area contributed by atoms with E-state index in [1.54, 1.807) is 12.1 Å². The van der Waals surface area contributed by atoms with Gasteiger partial charge in [-0.05, 0) is 31.8 Å². The Bertz CT molecular complexity index is 418. The van der Waals surface area contributed by atoms with E-state index in [4.69, 9.17) is 10.7 Å². The smallest absolute Gasteiger partial charge is 0.186 e. The minimum Gasteiger partial charge on any atom is -0.262 e. The molecule has 0 N–H and O–H groups in total. The molecule has 0 radical (unpaired) electrons. The van der Waals surface area contributed by atoms with Crippen molar-refractivity contribution >= 4 is 27.9 Å². The van der Waals surface area contributed by atoms with Gasteiger partial charge in [-0.15, -0.1) is 0 Å². The van der Waals surface area contributed by atoms with Crippen LogP contribution in [0, 0.1) is 0 Å². The maximum atomic E-state index is 12.0. The first-order chi connectivity index (χ1) is 6.31. The highest BCUT2D eigenvalue weighted by molar-refractivity contribution is 8.16. The number of hydrogen-bond donors (Lipinski definition) is 0. The van der Waals surface area contributed by atoms with Gasteiger partial charge >= 0.3 is 0 Å². The van der Waals surface area contributed by atoms with Crippen molar-refractivity contribution in [1.82, 2.24) is 0 Å². The van der Waals surface area contributed by atoms with Gasteiger partial charge < -0.3 is 0 Å². The van der Waals surface area contributed by atoms with Crippen LogP contribution in [0.25, 0.3) is 0 Å². The van der Waals surface area contributed by atoms with Crippen LogP contribution in [0.1, 0.15) is 0 Å². The Labute approximate surface area is 91.1 Å².